The molecule has 0 fully saturated rings. The second-order valence-electron chi connectivity index (χ2n) is 5.31. The zero-order valence-electron chi connectivity index (χ0n) is 10.7. The van der Waals surface area contributed by atoms with E-state index in [2.05, 4.69) is 42.0 Å². The van der Waals surface area contributed by atoms with Crippen LogP contribution >= 0.6 is 0 Å². The van der Waals surface area contributed by atoms with Gasteiger partial charge in [-0.15, -0.1) is 0 Å². The SMILES string of the molecule is CC(C)(C)c1cc2c(-n3cccn3)nccn2n1. The van der Waals surface area contributed by atoms with Gasteiger partial charge in [-0.05, 0) is 12.1 Å². The average Bonchev–Trinajstić information content (AvgIpc) is 2.96. The standard InChI is InChI=1S/C13H15N5/c1-13(2,3)11-9-10-12(18-7-4-5-15-18)14-6-8-17(10)16-11/h4-9H,1-3H3. The maximum absolute atomic E-state index is 4.59. The highest BCUT2D eigenvalue weighted by molar-refractivity contribution is 5.61. The number of aromatic nitrogens is 5. The number of fused-ring (bicyclic) bond motifs is 1. The van der Waals surface area contributed by atoms with E-state index < -0.39 is 0 Å². The van der Waals surface area contributed by atoms with Crippen molar-refractivity contribution in [3.8, 4) is 5.82 Å². The minimum absolute atomic E-state index is 0.0212. The van der Waals surface area contributed by atoms with Gasteiger partial charge in [0, 0.05) is 30.2 Å². The zero-order chi connectivity index (χ0) is 12.8. The van der Waals surface area contributed by atoms with E-state index in [0.29, 0.717) is 0 Å². The minimum Gasteiger partial charge on any atom is -0.235 e. The number of hydrogen-bond acceptors (Lipinski definition) is 3. The Kier molecular flexibility index (Phi) is 2.23. The van der Waals surface area contributed by atoms with Crippen molar-refractivity contribution in [1.82, 2.24) is 24.4 Å². The predicted octanol–water partition coefficient (Wildman–Crippen LogP) is 2.21. The molecule has 0 aliphatic rings. The van der Waals surface area contributed by atoms with E-state index in [4.69, 9.17) is 0 Å². The molecule has 0 aliphatic heterocycles. The highest BCUT2D eigenvalue weighted by atomic mass is 15.3. The van der Waals surface area contributed by atoms with Gasteiger partial charge in [-0.3, -0.25) is 0 Å². The number of rotatable bonds is 1. The first kappa shape index (κ1) is 11.0. The van der Waals surface area contributed by atoms with Crippen LogP contribution < -0.4 is 0 Å². The molecular formula is C13H15N5. The smallest absolute Gasteiger partial charge is 0.179 e. The zero-order valence-corrected chi connectivity index (χ0v) is 10.7. The molecule has 0 N–H and O–H groups in total. The van der Waals surface area contributed by atoms with Gasteiger partial charge in [0.15, 0.2) is 5.82 Å². The molecule has 0 amide bonds. The second-order valence-corrected chi connectivity index (χ2v) is 5.31. The van der Waals surface area contributed by atoms with Crippen molar-refractivity contribution in [3.05, 3.63) is 42.6 Å². The van der Waals surface area contributed by atoms with Crippen molar-refractivity contribution in [2.45, 2.75) is 26.2 Å². The molecule has 18 heavy (non-hydrogen) atoms. The molecule has 5 heteroatoms. The average molecular weight is 241 g/mol. The summed E-state index contributed by atoms with van der Waals surface area (Å²) in [6.07, 6.45) is 7.22. The molecule has 3 rings (SSSR count). The van der Waals surface area contributed by atoms with Crippen LogP contribution in [0.5, 0.6) is 0 Å². The Labute approximate surface area is 105 Å². The first-order valence-corrected chi connectivity index (χ1v) is 5.90. The van der Waals surface area contributed by atoms with Gasteiger partial charge in [0.1, 0.15) is 5.52 Å². The molecule has 0 spiro atoms. The van der Waals surface area contributed by atoms with Crippen molar-refractivity contribution in [2.24, 2.45) is 0 Å². The summed E-state index contributed by atoms with van der Waals surface area (Å²) in [5.74, 6) is 0.797. The molecule has 0 radical (unpaired) electrons. The van der Waals surface area contributed by atoms with Crippen LogP contribution in [0.15, 0.2) is 36.9 Å². The Bertz CT molecular complexity index is 673. The van der Waals surface area contributed by atoms with E-state index in [-0.39, 0.29) is 5.41 Å². The summed E-state index contributed by atoms with van der Waals surface area (Å²) < 4.78 is 3.61. The van der Waals surface area contributed by atoms with Gasteiger partial charge in [-0.1, -0.05) is 20.8 Å². The van der Waals surface area contributed by atoms with Crippen LogP contribution in [0, 0.1) is 0 Å². The van der Waals surface area contributed by atoms with Gasteiger partial charge < -0.3 is 0 Å². The van der Waals surface area contributed by atoms with Gasteiger partial charge in [-0.25, -0.2) is 14.2 Å². The number of hydrogen-bond donors (Lipinski definition) is 0. The van der Waals surface area contributed by atoms with E-state index >= 15 is 0 Å². The molecule has 92 valence electrons. The highest BCUT2D eigenvalue weighted by Gasteiger charge is 2.19. The summed E-state index contributed by atoms with van der Waals surface area (Å²) in [7, 11) is 0. The summed E-state index contributed by atoms with van der Waals surface area (Å²) in [6.45, 7) is 6.45. The van der Waals surface area contributed by atoms with Gasteiger partial charge in [0.2, 0.25) is 0 Å². The molecule has 3 aromatic heterocycles. The first-order valence-electron chi connectivity index (χ1n) is 5.90. The van der Waals surface area contributed by atoms with Crippen LogP contribution in [-0.2, 0) is 5.41 Å². The first-order chi connectivity index (χ1) is 8.55. The number of nitrogens with zero attached hydrogens (tertiary/aromatic N) is 5. The van der Waals surface area contributed by atoms with Crippen LogP contribution in [0.4, 0.5) is 0 Å². The van der Waals surface area contributed by atoms with E-state index in [1.807, 2.05) is 23.0 Å². The largest absolute Gasteiger partial charge is 0.235 e. The fourth-order valence-corrected chi connectivity index (χ4v) is 1.85. The Morgan fingerprint density at radius 2 is 1.94 bits per heavy atom. The van der Waals surface area contributed by atoms with Crippen LogP contribution in [-0.4, -0.2) is 24.4 Å². The summed E-state index contributed by atoms with van der Waals surface area (Å²) in [4.78, 5) is 4.38. The van der Waals surface area contributed by atoms with Crippen molar-refractivity contribution in [1.29, 1.82) is 0 Å². The Morgan fingerprint density at radius 1 is 1.11 bits per heavy atom. The molecule has 3 aromatic rings. The Hall–Kier alpha value is -2.17. The minimum atomic E-state index is 0.0212. The summed E-state index contributed by atoms with van der Waals surface area (Å²) >= 11 is 0. The molecule has 0 aromatic carbocycles. The molecule has 3 heterocycles. The molecule has 0 atom stereocenters. The van der Waals surface area contributed by atoms with Gasteiger partial charge in [-0.2, -0.15) is 10.2 Å². The highest BCUT2D eigenvalue weighted by Crippen LogP contribution is 2.23. The molecular weight excluding hydrogens is 226 g/mol. The molecule has 0 unspecified atom stereocenters. The lowest BCUT2D eigenvalue weighted by atomic mass is 9.92. The fourth-order valence-electron chi connectivity index (χ4n) is 1.85. The Morgan fingerprint density at radius 3 is 2.61 bits per heavy atom. The summed E-state index contributed by atoms with van der Waals surface area (Å²) in [6, 6.07) is 3.95. The fraction of sp³-hybridized carbons (Fsp3) is 0.308. The quantitative estimate of drug-likeness (QED) is 0.656. The summed E-state index contributed by atoms with van der Waals surface area (Å²) in [5.41, 5.74) is 2.03. The molecule has 0 saturated heterocycles. The maximum atomic E-state index is 4.59. The molecule has 0 bridgehead atoms. The van der Waals surface area contributed by atoms with Gasteiger partial charge in [0.25, 0.3) is 0 Å². The van der Waals surface area contributed by atoms with Crippen LogP contribution in [0.2, 0.25) is 0 Å². The Balaban J connectivity index is 2.25. The topological polar surface area (TPSA) is 48.0 Å². The molecule has 0 saturated carbocycles. The van der Waals surface area contributed by atoms with E-state index in [1.54, 1.807) is 17.1 Å². The monoisotopic (exact) mass is 241 g/mol. The van der Waals surface area contributed by atoms with E-state index in [1.165, 1.54) is 0 Å². The molecule has 5 nitrogen and oxygen atoms in total. The third-order valence-corrected chi connectivity index (χ3v) is 2.86. The van der Waals surface area contributed by atoms with Crippen molar-refractivity contribution in [3.63, 3.8) is 0 Å². The van der Waals surface area contributed by atoms with E-state index in [9.17, 15) is 0 Å². The lowest BCUT2D eigenvalue weighted by Crippen LogP contribution is -2.11. The van der Waals surface area contributed by atoms with Crippen LogP contribution in [0.1, 0.15) is 26.5 Å². The summed E-state index contributed by atoms with van der Waals surface area (Å²) in [5, 5.41) is 8.81. The van der Waals surface area contributed by atoms with Crippen LogP contribution in [0.3, 0.4) is 0 Å². The maximum Gasteiger partial charge on any atom is 0.179 e. The van der Waals surface area contributed by atoms with Gasteiger partial charge in [0.05, 0.1) is 5.69 Å². The lowest BCUT2D eigenvalue weighted by molar-refractivity contribution is 0.562. The molecule has 0 aliphatic carbocycles. The second kappa shape index (κ2) is 3.66. The predicted molar refractivity (Wildman–Crippen MR) is 68.8 cm³/mol. The van der Waals surface area contributed by atoms with Crippen molar-refractivity contribution >= 4 is 5.52 Å². The van der Waals surface area contributed by atoms with Crippen molar-refractivity contribution < 1.29 is 0 Å². The van der Waals surface area contributed by atoms with Crippen LogP contribution in [0.25, 0.3) is 11.3 Å². The van der Waals surface area contributed by atoms with E-state index in [0.717, 1.165) is 17.0 Å². The van der Waals surface area contributed by atoms with Crippen molar-refractivity contribution in [2.75, 3.05) is 0 Å². The lowest BCUT2D eigenvalue weighted by Gasteiger charge is -2.13. The third-order valence-electron chi connectivity index (χ3n) is 2.86. The third kappa shape index (κ3) is 1.68. The normalized spacial score (nSPS) is 12.2. The van der Waals surface area contributed by atoms with Gasteiger partial charge >= 0.3 is 0 Å².